The van der Waals surface area contributed by atoms with Crippen LogP contribution >= 0.6 is 0 Å². The molecule has 0 radical (unpaired) electrons. The van der Waals surface area contributed by atoms with E-state index in [0.717, 1.165) is 37.9 Å². The van der Waals surface area contributed by atoms with Crippen molar-refractivity contribution < 1.29 is 19.7 Å². The lowest BCUT2D eigenvalue weighted by molar-refractivity contribution is -0.137. The minimum absolute atomic E-state index is 0.228. The van der Waals surface area contributed by atoms with Crippen LogP contribution < -0.4 is 4.74 Å². The summed E-state index contributed by atoms with van der Waals surface area (Å²) in [4.78, 5) is 11.0. The van der Waals surface area contributed by atoms with Crippen LogP contribution in [0.1, 0.15) is 55.6 Å². The van der Waals surface area contributed by atoms with E-state index >= 15 is 0 Å². The monoisotopic (exact) mass is 344 g/mol. The van der Waals surface area contributed by atoms with E-state index in [9.17, 15) is 9.90 Å². The van der Waals surface area contributed by atoms with Crippen molar-refractivity contribution in [2.75, 3.05) is 7.11 Å². The van der Waals surface area contributed by atoms with E-state index in [0.29, 0.717) is 36.0 Å². The van der Waals surface area contributed by atoms with Crippen molar-refractivity contribution in [1.82, 2.24) is 0 Å². The second-order valence-corrected chi connectivity index (χ2v) is 8.19. The summed E-state index contributed by atoms with van der Waals surface area (Å²) in [6.07, 6.45) is 5.94. The maximum absolute atomic E-state index is 11.0. The fourth-order valence-electron chi connectivity index (χ4n) is 6.16. The smallest absolute Gasteiger partial charge is 0.303 e. The molecule has 1 aromatic rings. The van der Waals surface area contributed by atoms with E-state index in [4.69, 9.17) is 9.84 Å². The molecule has 2 N–H and O–H groups in total. The third kappa shape index (κ3) is 2.95. The number of aliphatic hydroxyl groups excluding tert-OH is 1. The number of aliphatic hydroxyl groups is 1. The summed E-state index contributed by atoms with van der Waals surface area (Å²) in [6, 6.07) is 6.49. The van der Waals surface area contributed by atoms with E-state index in [1.54, 1.807) is 7.11 Å². The molecule has 2 saturated carbocycles. The maximum Gasteiger partial charge on any atom is 0.303 e. The van der Waals surface area contributed by atoms with Crippen molar-refractivity contribution in [1.29, 1.82) is 0 Å². The lowest BCUT2D eigenvalue weighted by atomic mass is 9.59. The normalized spacial score (nSPS) is 36.2. The number of fused-ring (bicyclic) bond motifs is 5. The van der Waals surface area contributed by atoms with Crippen molar-refractivity contribution in [2.24, 2.45) is 23.7 Å². The van der Waals surface area contributed by atoms with Crippen molar-refractivity contribution in [3.05, 3.63) is 29.3 Å². The molecule has 3 unspecified atom stereocenters. The molecule has 0 bridgehead atoms. The largest absolute Gasteiger partial charge is 0.497 e. The third-order valence-electron chi connectivity index (χ3n) is 7.13. The lowest BCUT2D eigenvalue weighted by Gasteiger charge is -2.46. The molecule has 0 aromatic heterocycles. The van der Waals surface area contributed by atoms with Gasteiger partial charge < -0.3 is 14.9 Å². The van der Waals surface area contributed by atoms with Crippen LogP contribution in [-0.4, -0.2) is 29.4 Å². The quantitative estimate of drug-likeness (QED) is 0.875. The van der Waals surface area contributed by atoms with Gasteiger partial charge in [0.1, 0.15) is 5.75 Å². The number of methoxy groups -OCH3 is 1. The van der Waals surface area contributed by atoms with Gasteiger partial charge in [0, 0.05) is 6.42 Å². The van der Waals surface area contributed by atoms with Crippen LogP contribution in [-0.2, 0) is 11.2 Å². The Kier molecular flexibility index (Phi) is 4.48. The average molecular weight is 344 g/mol. The molecule has 6 atom stereocenters. The first kappa shape index (κ1) is 16.9. The van der Waals surface area contributed by atoms with Crippen molar-refractivity contribution in [3.63, 3.8) is 0 Å². The number of carboxylic acid groups (broad SMARTS) is 1. The molecular formula is C21H28O4. The maximum atomic E-state index is 11.0. The summed E-state index contributed by atoms with van der Waals surface area (Å²) in [7, 11) is 1.71. The van der Waals surface area contributed by atoms with Crippen LogP contribution in [0.4, 0.5) is 0 Å². The molecule has 1 aromatic carbocycles. The molecule has 2 fully saturated rings. The number of benzene rings is 1. The molecule has 4 nitrogen and oxygen atoms in total. The second-order valence-electron chi connectivity index (χ2n) is 8.19. The fraction of sp³-hybridized carbons (Fsp3) is 0.667. The molecule has 3 aliphatic rings. The van der Waals surface area contributed by atoms with Gasteiger partial charge in [-0.15, -0.1) is 0 Å². The van der Waals surface area contributed by atoms with Gasteiger partial charge in [0.2, 0.25) is 0 Å². The average Bonchev–Trinajstić information content (AvgIpc) is 2.95. The minimum atomic E-state index is -0.716. The van der Waals surface area contributed by atoms with Crippen molar-refractivity contribution in [3.8, 4) is 5.75 Å². The van der Waals surface area contributed by atoms with Crippen LogP contribution in [0, 0.1) is 23.7 Å². The zero-order chi connectivity index (χ0) is 17.6. The fourth-order valence-corrected chi connectivity index (χ4v) is 6.16. The van der Waals surface area contributed by atoms with E-state index in [2.05, 4.69) is 18.2 Å². The summed E-state index contributed by atoms with van der Waals surface area (Å²) < 4.78 is 5.38. The number of carbonyl (C=O) groups is 1. The van der Waals surface area contributed by atoms with E-state index in [1.807, 2.05) is 0 Å². The Labute approximate surface area is 149 Å². The molecule has 4 rings (SSSR count). The number of ether oxygens (including phenoxy) is 1. The second kappa shape index (κ2) is 6.64. The zero-order valence-corrected chi connectivity index (χ0v) is 14.9. The van der Waals surface area contributed by atoms with Gasteiger partial charge in [0.05, 0.1) is 13.2 Å². The summed E-state index contributed by atoms with van der Waals surface area (Å²) in [5.41, 5.74) is 2.88. The summed E-state index contributed by atoms with van der Waals surface area (Å²) in [5, 5.41) is 19.6. The highest BCUT2D eigenvalue weighted by Gasteiger charge is 2.51. The van der Waals surface area contributed by atoms with Crippen LogP contribution in [0.5, 0.6) is 5.75 Å². The Bertz CT molecular complexity index is 655. The predicted octanol–water partition coefficient (Wildman–Crippen LogP) is 3.61. The Morgan fingerprint density at radius 1 is 1.24 bits per heavy atom. The summed E-state index contributed by atoms with van der Waals surface area (Å²) in [6.45, 7) is 0. The topological polar surface area (TPSA) is 66.8 Å². The number of aliphatic carboxylic acids is 1. The Morgan fingerprint density at radius 3 is 2.84 bits per heavy atom. The molecule has 0 spiro atoms. The molecule has 0 heterocycles. The number of hydrogen-bond donors (Lipinski definition) is 2. The van der Waals surface area contributed by atoms with E-state index in [1.165, 1.54) is 11.1 Å². The van der Waals surface area contributed by atoms with Gasteiger partial charge in [-0.3, -0.25) is 4.79 Å². The third-order valence-corrected chi connectivity index (χ3v) is 7.13. The highest BCUT2D eigenvalue weighted by Crippen LogP contribution is 2.58. The molecule has 4 heteroatoms. The zero-order valence-electron chi connectivity index (χ0n) is 14.9. The predicted molar refractivity (Wildman–Crippen MR) is 94.7 cm³/mol. The first-order valence-corrected chi connectivity index (χ1v) is 9.65. The van der Waals surface area contributed by atoms with Crippen molar-refractivity contribution in [2.45, 2.75) is 57.0 Å². The Morgan fingerprint density at radius 2 is 2.08 bits per heavy atom. The van der Waals surface area contributed by atoms with Crippen LogP contribution in [0.3, 0.4) is 0 Å². The number of rotatable bonds is 4. The van der Waals surface area contributed by atoms with Gasteiger partial charge in [-0.1, -0.05) is 6.07 Å². The molecule has 0 amide bonds. The SMILES string of the molecule is COc1ccc2c(c1)CCC1C2CC[C@H]2C1[C@H](CCC(=O)O)C[C@@H]2O. The van der Waals surface area contributed by atoms with Gasteiger partial charge in [0.25, 0.3) is 0 Å². The van der Waals surface area contributed by atoms with Crippen LogP contribution in [0.25, 0.3) is 0 Å². The first-order valence-electron chi connectivity index (χ1n) is 9.65. The number of carboxylic acids is 1. The highest BCUT2D eigenvalue weighted by atomic mass is 16.5. The molecule has 136 valence electrons. The molecule has 0 aliphatic heterocycles. The van der Waals surface area contributed by atoms with Gasteiger partial charge >= 0.3 is 5.97 Å². The van der Waals surface area contributed by atoms with E-state index < -0.39 is 5.97 Å². The standard InChI is InChI=1S/C21H28O4/c1-25-14-4-6-15-12(10-14)2-5-17-16(15)7-8-18-19(22)11-13(21(17)18)3-9-20(23)24/h4,6,10,13,16-19,21-22H,2-3,5,7-9,11H2,1H3,(H,23,24)/t13-,16?,17?,18-,19+,21?/m1/s1. The minimum Gasteiger partial charge on any atom is -0.497 e. The highest BCUT2D eigenvalue weighted by molar-refractivity contribution is 5.66. The Balaban J connectivity index is 1.60. The number of aryl methyl sites for hydroxylation is 1. The van der Waals surface area contributed by atoms with Gasteiger partial charge in [-0.2, -0.15) is 0 Å². The summed E-state index contributed by atoms with van der Waals surface area (Å²) >= 11 is 0. The van der Waals surface area contributed by atoms with Gasteiger partial charge in [-0.25, -0.2) is 0 Å². The van der Waals surface area contributed by atoms with Crippen molar-refractivity contribution >= 4 is 5.97 Å². The molecular weight excluding hydrogens is 316 g/mol. The van der Waals surface area contributed by atoms with E-state index in [-0.39, 0.29) is 12.5 Å². The molecule has 3 aliphatic carbocycles. The van der Waals surface area contributed by atoms with Crippen LogP contribution in [0.2, 0.25) is 0 Å². The van der Waals surface area contributed by atoms with Crippen LogP contribution in [0.15, 0.2) is 18.2 Å². The lowest BCUT2D eigenvalue weighted by Crippen LogP contribution is -2.38. The van der Waals surface area contributed by atoms with Gasteiger partial charge in [-0.05, 0) is 91.4 Å². The number of hydrogen-bond acceptors (Lipinski definition) is 3. The van der Waals surface area contributed by atoms with Gasteiger partial charge in [0.15, 0.2) is 0 Å². The molecule has 0 saturated heterocycles. The molecule has 25 heavy (non-hydrogen) atoms. The Hall–Kier alpha value is -1.55. The first-order chi connectivity index (χ1) is 12.1. The summed E-state index contributed by atoms with van der Waals surface area (Å²) in [5.74, 6) is 2.60.